The van der Waals surface area contributed by atoms with Crippen LogP contribution in [-0.4, -0.2) is 12.2 Å². The maximum absolute atomic E-state index is 6.31. The maximum Gasteiger partial charge on any atom is 0.134 e. The third-order valence-electron chi connectivity index (χ3n) is 5.00. The normalized spacial score (nSPS) is 26.1. The average molecular weight is 317 g/mol. The molecule has 0 aliphatic carbocycles. The minimum atomic E-state index is -0.0219. The van der Waals surface area contributed by atoms with Crippen molar-refractivity contribution in [3.8, 4) is 0 Å². The molecule has 0 radical (unpaired) electrons. The standard InChI is InChI=1S/C19H37ClO/c1-3-5-6-7-8-9-10-11-12-13-14-18-15-17(4-2)16-21-19(18)20/h17-19H,3-16H2,1-2H3. The summed E-state index contributed by atoms with van der Waals surface area (Å²) in [6.45, 7) is 5.42. The smallest absolute Gasteiger partial charge is 0.134 e. The number of hydrogen-bond acceptors (Lipinski definition) is 1. The monoisotopic (exact) mass is 316 g/mol. The minimum absolute atomic E-state index is 0.0219. The minimum Gasteiger partial charge on any atom is -0.362 e. The van der Waals surface area contributed by atoms with Crippen LogP contribution in [0.15, 0.2) is 0 Å². The van der Waals surface area contributed by atoms with Crippen molar-refractivity contribution in [2.75, 3.05) is 6.61 Å². The molecule has 1 aliphatic heterocycles. The molecule has 3 unspecified atom stereocenters. The Morgan fingerprint density at radius 2 is 1.43 bits per heavy atom. The molecular formula is C19H37ClO. The van der Waals surface area contributed by atoms with E-state index >= 15 is 0 Å². The fraction of sp³-hybridized carbons (Fsp3) is 1.00. The highest BCUT2D eigenvalue weighted by molar-refractivity contribution is 6.19. The predicted octanol–water partition coefficient (Wildman–Crippen LogP) is 6.93. The highest BCUT2D eigenvalue weighted by atomic mass is 35.5. The van der Waals surface area contributed by atoms with E-state index in [1.54, 1.807) is 0 Å². The molecule has 0 aromatic carbocycles. The van der Waals surface area contributed by atoms with Crippen LogP contribution < -0.4 is 0 Å². The Morgan fingerprint density at radius 1 is 0.857 bits per heavy atom. The number of halogens is 1. The molecule has 1 fully saturated rings. The Morgan fingerprint density at radius 3 is 2.00 bits per heavy atom. The summed E-state index contributed by atoms with van der Waals surface area (Å²) in [6.07, 6.45) is 17.9. The van der Waals surface area contributed by atoms with Crippen molar-refractivity contribution >= 4 is 11.6 Å². The Kier molecular flexibility index (Phi) is 11.7. The van der Waals surface area contributed by atoms with Crippen LogP contribution in [0.25, 0.3) is 0 Å². The molecule has 1 rings (SSSR count). The SMILES string of the molecule is CCCCCCCCCCCCC1CC(CC)COC1Cl. The Bertz CT molecular complexity index is 232. The Balaban J connectivity index is 1.91. The van der Waals surface area contributed by atoms with Gasteiger partial charge in [0, 0.05) is 0 Å². The van der Waals surface area contributed by atoms with Crippen LogP contribution in [-0.2, 0) is 4.74 Å². The zero-order valence-electron chi connectivity index (χ0n) is 14.4. The lowest BCUT2D eigenvalue weighted by Crippen LogP contribution is -2.30. The van der Waals surface area contributed by atoms with Crippen molar-refractivity contribution in [1.82, 2.24) is 0 Å². The summed E-state index contributed by atoms with van der Waals surface area (Å²) in [7, 11) is 0. The number of ether oxygens (including phenoxy) is 1. The van der Waals surface area contributed by atoms with Crippen LogP contribution in [0.2, 0.25) is 0 Å². The predicted molar refractivity (Wildman–Crippen MR) is 93.9 cm³/mol. The van der Waals surface area contributed by atoms with Crippen LogP contribution in [0.5, 0.6) is 0 Å². The molecule has 126 valence electrons. The molecule has 2 heteroatoms. The summed E-state index contributed by atoms with van der Waals surface area (Å²) >= 11 is 6.31. The van der Waals surface area contributed by atoms with Gasteiger partial charge in [-0.1, -0.05) is 96.1 Å². The van der Waals surface area contributed by atoms with E-state index in [4.69, 9.17) is 16.3 Å². The summed E-state index contributed by atoms with van der Waals surface area (Å²) < 4.78 is 5.70. The van der Waals surface area contributed by atoms with Crippen molar-refractivity contribution in [2.24, 2.45) is 11.8 Å². The van der Waals surface area contributed by atoms with Gasteiger partial charge in [-0.3, -0.25) is 0 Å². The quantitative estimate of drug-likeness (QED) is 0.280. The van der Waals surface area contributed by atoms with Crippen LogP contribution in [0.4, 0.5) is 0 Å². The maximum atomic E-state index is 6.31. The first-order valence-corrected chi connectivity index (χ1v) is 9.97. The third-order valence-corrected chi connectivity index (χ3v) is 5.49. The molecule has 21 heavy (non-hydrogen) atoms. The molecule has 1 heterocycles. The fourth-order valence-corrected chi connectivity index (χ4v) is 3.70. The van der Waals surface area contributed by atoms with Crippen LogP contribution in [0.1, 0.15) is 97.3 Å². The molecule has 0 amide bonds. The Labute approximate surface area is 138 Å². The van der Waals surface area contributed by atoms with Crippen molar-refractivity contribution in [1.29, 1.82) is 0 Å². The van der Waals surface area contributed by atoms with Gasteiger partial charge in [0.15, 0.2) is 0 Å². The van der Waals surface area contributed by atoms with Gasteiger partial charge in [0.25, 0.3) is 0 Å². The van der Waals surface area contributed by atoms with E-state index in [9.17, 15) is 0 Å². The van der Waals surface area contributed by atoms with Gasteiger partial charge in [-0.05, 0) is 24.7 Å². The summed E-state index contributed by atoms with van der Waals surface area (Å²) in [4.78, 5) is 0. The zero-order valence-corrected chi connectivity index (χ0v) is 15.2. The van der Waals surface area contributed by atoms with Gasteiger partial charge in [-0.15, -0.1) is 0 Å². The summed E-state index contributed by atoms with van der Waals surface area (Å²) in [6, 6.07) is 0. The van der Waals surface area contributed by atoms with Gasteiger partial charge >= 0.3 is 0 Å². The first-order chi connectivity index (χ1) is 10.3. The van der Waals surface area contributed by atoms with E-state index in [-0.39, 0.29) is 5.56 Å². The lowest BCUT2D eigenvalue weighted by molar-refractivity contribution is -0.0153. The molecule has 0 aromatic heterocycles. The zero-order chi connectivity index (χ0) is 15.3. The van der Waals surface area contributed by atoms with Crippen LogP contribution in [0, 0.1) is 11.8 Å². The molecule has 1 saturated heterocycles. The van der Waals surface area contributed by atoms with E-state index in [0.29, 0.717) is 5.92 Å². The first kappa shape index (κ1) is 19.3. The highest BCUT2D eigenvalue weighted by Gasteiger charge is 2.28. The summed E-state index contributed by atoms with van der Waals surface area (Å²) in [5, 5.41) is 0. The van der Waals surface area contributed by atoms with E-state index in [1.807, 2.05) is 0 Å². The van der Waals surface area contributed by atoms with Crippen LogP contribution >= 0.6 is 11.6 Å². The number of rotatable bonds is 12. The van der Waals surface area contributed by atoms with Gasteiger partial charge in [0.1, 0.15) is 5.56 Å². The van der Waals surface area contributed by atoms with Crippen molar-refractivity contribution in [3.63, 3.8) is 0 Å². The molecule has 0 spiro atoms. The lowest BCUT2D eigenvalue weighted by atomic mass is 9.87. The molecule has 0 N–H and O–H groups in total. The third kappa shape index (κ3) is 9.08. The van der Waals surface area contributed by atoms with Crippen molar-refractivity contribution in [3.05, 3.63) is 0 Å². The topological polar surface area (TPSA) is 9.23 Å². The molecule has 1 nitrogen and oxygen atoms in total. The molecule has 0 bridgehead atoms. The lowest BCUT2D eigenvalue weighted by Gasteiger charge is -2.32. The summed E-state index contributed by atoms with van der Waals surface area (Å²) in [5.74, 6) is 1.34. The largest absolute Gasteiger partial charge is 0.362 e. The second-order valence-corrected chi connectivity index (χ2v) is 7.36. The molecular weight excluding hydrogens is 280 g/mol. The fourth-order valence-electron chi connectivity index (χ4n) is 3.39. The van der Waals surface area contributed by atoms with Gasteiger partial charge in [-0.2, -0.15) is 0 Å². The van der Waals surface area contributed by atoms with Gasteiger partial charge in [-0.25, -0.2) is 0 Å². The second kappa shape index (κ2) is 12.8. The van der Waals surface area contributed by atoms with Gasteiger partial charge in [0.05, 0.1) is 6.61 Å². The van der Waals surface area contributed by atoms with Crippen LogP contribution in [0.3, 0.4) is 0 Å². The van der Waals surface area contributed by atoms with E-state index in [0.717, 1.165) is 12.5 Å². The number of alkyl halides is 1. The van der Waals surface area contributed by atoms with Gasteiger partial charge in [0.2, 0.25) is 0 Å². The van der Waals surface area contributed by atoms with E-state index < -0.39 is 0 Å². The first-order valence-electron chi connectivity index (χ1n) is 9.53. The highest BCUT2D eigenvalue weighted by Crippen LogP contribution is 2.32. The van der Waals surface area contributed by atoms with E-state index in [1.165, 1.54) is 83.5 Å². The average Bonchev–Trinajstić information content (AvgIpc) is 2.51. The second-order valence-electron chi connectivity index (χ2n) is 6.93. The Hall–Kier alpha value is 0.250. The molecule has 3 atom stereocenters. The van der Waals surface area contributed by atoms with Gasteiger partial charge < -0.3 is 4.74 Å². The number of hydrogen-bond donors (Lipinski definition) is 0. The number of unbranched alkanes of at least 4 members (excludes halogenated alkanes) is 9. The van der Waals surface area contributed by atoms with Crippen molar-refractivity contribution in [2.45, 2.75) is 103 Å². The van der Waals surface area contributed by atoms with Crippen molar-refractivity contribution < 1.29 is 4.74 Å². The van der Waals surface area contributed by atoms with E-state index in [2.05, 4.69) is 13.8 Å². The molecule has 0 saturated carbocycles. The molecule has 1 aliphatic rings. The molecule has 0 aromatic rings. The summed E-state index contributed by atoms with van der Waals surface area (Å²) in [5.41, 5.74) is -0.0219.